The molecule has 0 fully saturated rings. The lowest BCUT2D eigenvalue weighted by molar-refractivity contribution is 0.0150. The Morgan fingerprint density at radius 1 is 1.21 bits per heavy atom. The Hall–Kier alpha value is -1.30. The van der Waals surface area contributed by atoms with Gasteiger partial charge in [0.2, 0.25) is 0 Å². The highest BCUT2D eigenvalue weighted by molar-refractivity contribution is 5.13. The summed E-state index contributed by atoms with van der Waals surface area (Å²) in [5.74, 6) is 6.16. The topological polar surface area (TPSA) is 29.5 Å². The molecule has 2 heteroatoms. The van der Waals surface area contributed by atoms with Crippen molar-refractivity contribution < 1.29 is 9.84 Å². The second-order valence-electron chi connectivity index (χ2n) is 4.93. The zero-order chi connectivity index (χ0) is 14.1. The van der Waals surface area contributed by atoms with E-state index in [2.05, 4.69) is 11.8 Å². The van der Waals surface area contributed by atoms with Crippen LogP contribution in [-0.2, 0) is 11.3 Å². The van der Waals surface area contributed by atoms with Gasteiger partial charge in [-0.05, 0) is 12.5 Å². The maximum absolute atomic E-state index is 10.1. The molecule has 0 heterocycles. The van der Waals surface area contributed by atoms with E-state index >= 15 is 0 Å². The van der Waals surface area contributed by atoms with Gasteiger partial charge in [-0.2, -0.15) is 0 Å². The maximum Gasteiger partial charge on any atom is 0.0722 e. The standard InChI is InChI=1S/C17H24O2/c1-4-5-9-14(2)17(18)15(3)12-19-13-16-10-7-6-8-11-16/h6-8,10-11,14-15,17-18H,4,12-13H2,1-3H3/t14-,15+,17-/m0/s1. The van der Waals surface area contributed by atoms with Crippen molar-refractivity contribution in [1.82, 2.24) is 0 Å². The average Bonchev–Trinajstić information content (AvgIpc) is 2.44. The van der Waals surface area contributed by atoms with Crippen LogP contribution in [0.4, 0.5) is 0 Å². The molecular formula is C17H24O2. The van der Waals surface area contributed by atoms with Crippen LogP contribution in [0.2, 0.25) is 0 Å². The minimum Gasteiger partial charge on any atom is -0.391 e. The van der Waals surface area contributed by atoms with Gasteiger partial charge in [0.15, 0.2) is 0 Å². The summed E-state index contributed by atoms with van der Waals surface area (Å²) in [4.78, 5) is 0. The van der Waals surface area contributed by atoms with Crippen LogP contribution in [0.25, 0.3) is 0 Å². The van der Waals surface area contributed by atoms with Gasteiger partial charge in [-0.25, -0.2) is 0 Å². The van der Waals surface area contributed by atoms with Crippen molar-refractivity contribution in [3.63, 3.8) is 0 Å². The van der Waals surface area contributed by atoms with Gasteiger partial charge in [0.05, 0.1) is 19.3 Å². The second-order valence-corrected chi connectivity index (χ2v) is 4.93. The quantitative estimate of drug-likeness (QED) is 0.796. The summed E-state index contributed by atoms with van der Waals surface area (Å²) in [6, 6.07) is 10.1. The van der Waals surface area contributed by atoms with E-state index in [0.29, 0.717) is 13.2 Å². The normalized spacial score (nSPS) is 15.2. The molecular weight excluding hydrogens is 236 g/mol. The largest absolute Gasteiger partial charge is 0.391 e. The van der Waals surface area contributed by atoms with E-state index in [-0.39, 0.29) is 11.8 Å². The van der Waals surface area contributed by atoms with Crippen LogP contribution >= 0.6 is 0 Å². The zero-order valence-electron chi connectivity index (χ0n) is 12.1. The lowest BCUT2D eigenvalue weighted by atomic mass is 9.94. The predicted molar refractivity (Wildman–Crippen MR) is 78.5 cm³/mol. The summed E-state index contributed by atoms with van der Waals surface area (Å²) in [5, 5.41) is 10.1. The molecule has 3 atom stereocenters. The molecule has 1 N–H and O–H groups in total. The molecule has 1 rings (SSSR count). The third kappa shape index (κ3) is 5.92. The van der Waals surface area contributed by atoms with E-state index < -0.39 is 6.10 Å². The maximum atomic E-state index is 10.1. The molecule has 19 heavy (non-hydrogen) atoms. The fourth-order valence-corrected chi connectivity index (χ4v) is 1.88. The van der Waals surface area contributed by atoms with Gasteiger partial charge in [0.25, 0.3) is 0 Å². The summed E-state index contributed by atoms with van der Waals surface area (Å²) >= 11 is 0. The smallest absolute Gasteiger partial charge is 0.0722 e. The minimum absolute atomic E-state index is 0.00437. The number of hydrogen-bond donors (Lipinski definition) is 1. The van der Waals surface area contributed by atoms with Crippen molar-refractivity contribution in [2.24, 2.45) is 11.8 Å². The molecule has 1 aromatic carbocycles. The fraction of sp³-hybridized carbons (Fsp3) is 0.529. The molecule has 0 bridgehead atoms. The lowest BCUT2D eigenvalue weighted by Crippen LogP contribution is -2.28. The molecule has 0 unspecified atom stereocenters. The van der Waals surface area contributed by atoms with E-state index in [1.165, 1.54) is 0 Å². The number of benzene rings is 1. The van der Waals surface area contributed by atoms with Crippen molar-refractivity contribution in [2.75, 3.05) is 6.61 Å². The first-order valence-electron chi connectivity index (χ1n) is 6.93. The lowest BCUT2D eigenvalue weighted by Gasteiger charge is -2.21. The van der Waals surface area contributed by atoms with Crippen LogP contribution in [0, 0.1) is 23.7 Å². The number of rotatable bonds is 6. The number of ether oxygens (including phenoxy) is 1. The van der Waals surface area contributed by atoms with Gasteiger partial charge in [0.1, 0.15) is 0 Å². The molecule has 0 aliphatic heterocycles. The van der Waals surface area contributed by atoms with E-state index in [4.69, 9.17) is 4.74 Å². The van der Waals surface area contributed by atoms with E-state index in [1.807, 2.05) is 51.1 Å². The Balaban J connectivity index is 2.32. The summed E-state index contributed by atoms with van der Waals surface area (Å²) < 4.78 is 5.65. The number of aliphatic hydroxyl groups is 1. The zero-order valence-corrected chi connectivity index (χ0v) is 12.1. The Labute approximate surface area is 116 Å². The molecule has 0 aliphatic carbocycles. The molecule has 2 nitrogen and oxygen atoms in total. The summed E-state index contributed by atoms with van der Waals surface area (Å²) in [6.07, 6.45) is 0.394. The molecule has 0 spiro atoms. The van der Waals surface area contributed by atoms with Crippen LogP contribution in [0.3, 0.4) is 0 Å². The van der Waals surface area contributed by atoms with Gasteiger partial charge >= 0.3 is 0 Å². The Kier molecular flexibility index (Phi) is 7.25. The highest BCUT2D eigenvalue weighted by atomic mass is 16.5. The van der Waals surface area contributed by atoms with Gasteiger partial charge in [-0.1, -0.05) is 50.1 Å². The van der Waals surface area contributed by atoms with Crippen LogP contribution < -0.4 is 0 Å². The van der Waals surface area contributed by atoms with Crippen LogP contribution in [0.1, 0.15) is 32.8 Å². The molecule has 0 amide bonds. The van der Waals surface area contributed by atoms with E-state index in [1.54, 1.807) is 0 Å². The van der Waals surface area contributed by atoms with Crippen molar-refractivity contribution in [2.45, 2.75) is 39.9 Å². The van der Waals surface area contributed by atoms with Gasteiger partial charge in [-0.15, -0.1) is 5.92 Å². The average molecular weight is 260 g/mol. The second kappa shape index (κ2) is 8.74. The van der Waals surface area contributed by atoms with Gasteiger partial charge in [0, 0.05) is 18.3 Å². The summed E-state index contributed by atoms with van der Waals surface area (Å²) in [5.41, 5.74) is 1.16. The summed E-state index contributed by atoms with van der Waals surface area (Å²) in [6.45, 7) is 7.11. The van der Waals surface area contributed by atoms with Gasteiger partial charge in [-0.3, -0.25) is 0 Å². The fourth-order valence-electron chi connectivity index (χ4n) is 1.88. The molecule has 104 valence electrons. The number of aliphatic hydroxyl groups excluding tert-OH is 1. The van der Waals surface area contributed by atoms with Crippen LogP contribution in [0.5, 0.6) is 0 Å². The van der Waals surface area contributed by atoms with Gasteiger partial charge < -0.3 is 9.84 Å². The SMILES string of the molecule is CCC#C[C@H](C)[C@H](O)[C@H](C)COCc1ccccc1. The molecule has 0 saturated carbocycles. The minimum atomic E-state index is -0.435. The predicted octanol–water partition coefficient (Wildman–Crippen LogP) is 3.25. The molecule has 1 aromatic rings. The van der Waals surface area contributed by atoms with Crippen molar-refractivity contribution >= 4 is 0 Å². The first kappa shape index (κ1) is 15.8. The van der Waals surface area contributed by atoms with Crippen molar-refractivity contribution in [3.05, 3.63) is 35.9 Å². The monoisotopic (exact) mass is 260 g/mol. The van der Waals surface area contributed by atoms with Crippen LogP contribution in [0.15, 0.2) is 30.3 Å². The third-order valence-electron chi connectivity index (χ3n) is 3.09. The Morgan fingerprint density at radius 3 is 2.53 bits per heavy atom. The highest BCUT2D eigenvalue weighted by Crippen LogP contribution is 2.13. The summed E-state index contributed by atoms with van der Waals surface area (Å²) in [7, 11) is 0. The number of hydrogen-bond acceptors (Lipinski definition) is 2. The third-order valence-corrected chi connectivity index (χ3v) is 3.09. The molecule has 0 saturated heterocycles. The van der Waals surface area contributed by atoms with E-state index in [0.717, 1.165) is 12.0 Å². The van der Waals surface area contributed by atoms with Crippen molar-refractivity contribution in [3.8, 4) is 11.8 Å². The Morgan fingerprint density at radius 2 is 1.89 bits per heavy atom. The molecule has 0 aromatic heterocycles. The van der Waals surface area contributed by atoms with Crippen LogP contribution in [-0.4, -0.2) is 17.8 Å². The Bertz CT molecular complexity index is 402. The first-order chi connectivity index (χ1) is 9.15. The highest BCUT2D eigenvalue weighted by Gasteiger charge is 2.19. The molecule has 0 radical (unpaired) electrons. The first-order valence-corrected chi connectivity index (χ1v) is 6.93. The molecule has 0 aliphatic rings. The van der Waals surface area contributed by atoms with Crippen molar-refractivity contribution in [1.29, 1.82) is 0 Å². The van der Waals surface area contributed by atoms with E-state index in [9.17, 15) is 5.11 Å².